The minimum Gasteiger partial charge on any atom is -0.299 e. The summed E-state index contributed by atoms with van der Waals surface area (Å²) in [6.45, 7) is 4.22. The quantitative estimate of drug-likeness (QED) is 0.394. The minimum absolute atomic E-state index is 0.154. The molecule has 0 radical (unpaired) electrons. The lowest BCUT2D eigenvalue weighted by molar-refractivity contribution is -0.137. The molecule has 1 aliphatic heterocycles. The Labute approximate surface area is 211 Å². The largest absolute Gasteiger partial charge is 0.416 e. The highest BCUT2D eigenvalue weighted by Crippen LogP contribution is 2.51. The highest BCUT2D eigenvalue weighted by molar-refractivity contribution is 6.15. The van der Waals surface area contributed by atoms with Crippen molar-refractivity contribution in [2.45, 2.75) is 90.7 Å². The fraction of sp³-hybridized carbons (Fsp3) is 0.633. The highest BCUT2D eigenvalue weighted by atomic mass is 19.4. The van der Waals surface area contributed by atoms with E-state index in [1.807, 2.05) is 0 Å². The molecule has 5 rings (SSSR count). The number of aliphatic imine (C=N–C) groups is 1. The Morgan fingerprint density at radius 3 is 2.14 bits per heavy atom. The zero-order chi connectivity index (χ0) is 25.7. The normalized spacial score (nSPS) is 27.7. The number of fused-ring (bicyclic) bond motifs is 1. The van der Waals surface area contributed by atoms with Crippen molar-refractivity contribution in [3.63, 3.8) is 0 Å². The Balaban J connectivity index is 1.65. The molecule has 0 aromatic heterocycles. The van der Waals surface area contributed by atoms with Crippen LogP contribution >= 0.6 is 0 Å². The summed E-state index contributed by atoms with van der Waals surface area (Å²) in [4.78, 5) is 33.0. The predicted octanol–water partition coefficient (Wildman–Crippen LogP) is 7.99. The van der Waals surface area contributed by atoms with Gasteiger partial charge in [0.2, 0.25) is 0 Å². The van der Waals surface area contributed by atoms with Crippen LogP contribution in [0.2, 0.25) is 0 Å². The number of ketones is 2. The number of hydrogen-bond donors (Lipinski definition) is 0. The van der Waals surface area contributed by atoms with E-state index in [1.165, 1.54) is 12.1 Å². The van der Waals surface area contributed by atoms with Gasteiger partial charge in [-0.05, 0) is 55.6 Å². The van der Waals surface area contributed by atoms with E-state index >= 15 is 0 Å². The van der Waals surface area contributed by atoms with Gasteiger partial charge in [-0.3, -0.25) is 14.6 Å². The predicted molar refractivity (Wildman–Crippen MR) is 134 cm³/mol. The molecule has 0 amide bonds. The van der Waals surface area contributed by atoms with Gasteiger partial charge in [-0.2, -0.15) is 13.2 Å². The van der Waals surface area contributed by atoms with Crippen molar-refractivity contribution in [3.05, 3.63) is 46.7 Å². The molecule has 3 nitrogen and oxygen atoms in total. The molecule has 1 heterocycles. The Kier molecular flexibility index (Phi) is 6.76. The molecule has 36 heavy (non-hydrogen) atoms. The highest BCUT2D eigenvalue weighted by Gasteiger charge is 2.50. The Morgan fingerprint density at radius 1 is 0.917 bits per heavy atom. The first-order valence-corrected chi connectivity index (χ1v) is 13.6. The Hall–Kier alpha value is -2.24. The van der Waals surface area contributed by atoms with Crippen LogP contribution < -0.4 is 0 Å². The molecule has 6 heteroatoms. The van der Waals surface area contributed by atoms with Crippen LogP contribution in [0.25, 0.3) is 0 Å². The fourth-order valence-corrected chi connectivity index (χ4v) is 7.24. The van der Waals surface area contributed by atoms with Crippen LogP contribution in [-0.2, 0) is 11.0 Å². The number of allylic oxidation sites excluding steroid dienone is 2. The van der Waals surface area contributed by atoms with Gasteiger partial charge in [-0.1, -0.05) is 58.1 Å². The van der Waals surface area contributed by atoms with Crippen molar-refractivity contribution in [2.24, 2.45) is 34.1 Å². The lowest BCUT2D eigenvalue weighted by Crippen LogP contribution is -2.47. The van der Waals surface area contributed by atoms with Gasteiger partial charge in [0.15, 0.2) is 5.78 Å². The molecule has 3 aliphatic carbocycles. The summed E-state index contributed by atoms with van der Waals surface area (Å²) in [5.41, 5.74) is 1.76. The number of rotatable bonds is 4. The average molecular weight is 500 g/mol. The molecule has 0 bridgehead atoms. The number of halogens is 3. The van der Waals surface area contributed by atoms with E-state index in [4.69, 9.17) is 4.99 Å². The minimum atomic E-state index is -4.45. The number of carbonyl (C=O) groups is 2. The van der Waals surface area contributed by atoms with Crippen LogP contribution in [0.3, 0.4) is 0 Å². The number of carbonyl (C=O) groups excluding carboxylic acids is 2. The maximum Gasteiger partial charge on any atom is 0.416 e. The van der Waals surface area contributed by atoms with E-state index in [2.05, 4.69) is 13.8 Å². The van der Waals surface area contributed by atoms with Crippen molar-refractivity contribution >= 4 is 17.3 Å². The molecular formula is C30H36F3NO2. The van der Waals surface area contributed by atoms with Crippen LogP contribution in [0.1, 0.15) is 100 Å². The molecule has 3 fully saturated rings. The summed E-state index contributed by atoms with van der Waals surface area (Å²) in [5.74, 6) is -0.251. The van der Waals surface area contributed by atoms with Gasteiger partial charge in [0.05, 0.1) is 17.2 Å². The first-order valence-electron chi connectivity index (χ1n) is 13.6. The third-order valence-electron chi connectivity index (χ3n) is 8.87. The summed E-state index contributed by atoms with van der Waals surface area (Å²) in [6.07, 6.45) is 6.17. The van der Waals surface area contributed by atoms with Crippen LogP contribution in [0, 0.1) is 29.1 Å². The van der Waals surface area contributed by atoms with Crippen LogP contribution in [0.5, 0.6) is 0 Å². The molecule has 194 valence electrons. The molecular weight excluding hydrogens is 463 g/mol. The molecule has 2 atom stereocenters. The standard InChI is InChI=1S/C30H36F3NO2/c1-29(2)16-22-25(23(35)17-29)24(18-8-4-3-5-9-18)26(27(34-22)19-10-6-7-11-19)28(36)20-12-14-21(15-13-20)30(31,32)33/h12-15,18-19,24-25H,3-11,16-17H2,1-2H3. The molecule has 1 aromatic carbocycles. The Bertz CT molecular complexity index is 1080. The van der Waals surface area contributed by atoms with Gasteiger partial charge < -0.3 is 0 Å². The maximum absolute atomic E-state index is 14.2. The first kappa shape index (κ1) is 25.4. The molecule has 3 saturated carbocycles. The molecule has 1 aromatic rings. The van der Waals surface area contributed by atoms with E-state index in [-0.39, 0.29) is 46.2 Å². The smallest absolute Gasteiger partial charge is 0.299 e. The van der Waals surface area contributed by atoms with Crippen LogP contribution in [0.4, 0.5) is 13.2 Å². The number of benzene rings is 1. The second-order valence-corrected chi connectivity index (χ2v) is 12.2. The third kappa shape index (κ3) is 4.84. The Morgan fingerprint density at radius 2 is 1.53 bits per heavy atom. The van der Waals surface area contributed by atoms with E-state index < -0.39 is 11.7 Å². The van der Waals surface area contributed by atoms with Gasteiger partial charge in [0.25, 0.3) is 0 Å². The monoisotopic (exact) mass is 499 g/mol. The van der Waals surface area contributed by atoms with Gasteiger partial charge in [0.1, 0.15) is 5.78 Å². The number of Topliss-reactive ketones (excluding diaryl/α,β-unsaturated/α-hetero) is 2. The molecule has 0 spiro atoms. The van der Waals surface area contributed by atoms with E-state index in [0.717, 1.165) is 87.7 Å². The molecule has 0 N–H and O–H groups in total. The van der Waals surface area contributed by atoms with E-state index in [9.17, 15) is 22.8 Å². The molecule has 0 saturated heterocycles. The van der Waals surface area contributed by atoms with Crippen molar-refractivity contribution in [2.75, 3.05) is 0 Å². The van der Waals surface area contributed by atoms with Gasteiger partial charge in [-0.25, -0.2) is 0 Å². The topological polar surface area (TPSA) is 46.5 Å². The van der Waals surface area contributed by atoms with Gasteiger partial charge >= 0.3 is 6.18 Å². The van der Waals surface area contributed by atoms with E-state index in [0.29, 0.717) is 12.0 Å². The number of hydrogen-bond acceptors (Lipinski definition) is 3. The van der Waals surface area contributed by atoms with E-state index in [1.54, 1.807) is 0 Å². The zero-order valence-corrected chi connectivity index (χ0v) is 21.3. The second kappa shape index (κ2) is 9.57. The zero-order valence-electron chi connectivity index (χ0n) is 21.3. The summed E-state index contributed by atoms with van der Waals surface area (Å²) >= 11 is 0. The van der Waals surface area contributed by atoms with Crippen molar-refractivity contribution in [1.82, 2.24) is 0 Å². The maximum atomic E-state index is 14.2. The summed E-state index contributed by atoms with van der Waals surface area (Å²) in [7, 11) is 0. The second-order valence-electron chi connectivity index (χ2n) is 12.2. The molecule has 4 aliphatic rings. The lowest BCUT2D eigenvalue weighted by Gasteiger charge is -2.45. The van der Waals surface area contributed by atoms with Gasteiger partial charge in [-0.15, -0.1) is 0 Å². The van der Waals surface area contributed by atoms with Crippen molar-refractivity contribution < 1.29 is 22.8 Å². The van der Waals surface area contributed by atoms with Crippen LogP contribution in [-0.4, -0.2) is 17.3 Å². The fourth-order valence-electron chi connectivity index (χ4n) is 7.24. The summed E-state index contributed by atoms with van der Waals surface area (Å²) in [5, 5.41) is 0. The number of nitrogens with zero attached hydrogens (tertiary/aromatic N) is 1. The molecule has 2 unspecified atom stereocenters. The first-order chi connectivity index (χ1) is 17.0. The van der Waals surface area contributed by atoms with Crippen molar-refractivity contribution in [3.8, 4) is 0 Å². The summed E-state index contributed by atoms with van der Waals surface area (Å²) < 4.78 is 39.6. The lowest BCUT2D eigenvalue weighted by atomic mass is 9.59. The third-order valence-corrected chi connectivity index (χ3v) is 8.87. The van der Waals surface area contributed by atoms with Gasteiger partial charge in [0, 0.05) is 35.1 Å². The SMILES string of the molecule is CC1(C)CC(=O)C2C(=NC(C3CCCC3)=C(C(=O)c3ccc(C(F)(F)F)cc3)C2C2CCCCC2)C1. The summed E-state index contributed by atoms with van der Waals surface area (Å²) in [6, 6.07) is 4.58. The average Bonchev–Trinajstić information content (AvgIpc) is 3.37. The number of alkyl halides is 3. The van der Waals surface area contributed by atoms with Crippen LogP contribution in [0.15, 0.2) is 40.5 Å². The van der Waals surface area contributed by atoms with Crippen molar-refractivity contribution in [1.29, 1.82) is 0 Å².